The molecule has 246 valence electrons. The van der Waals surface area contributed by atoms with Gasteiger partial charge in [-0.25, -0.2) is 0 Å². The zero-order chi connectivity index (χ0) is 32.5. The fourth-order valence-electron chi connectivity index (χ4n) is 5.10. The number of aliphatic carboxylic acids is 4. The van der Waals surface area contributed by atoms with Crippen LogP contribution in [0.2, 0.25) is 0 Å². The third-order valence-corrected chi connectivity index (χ3v) is 7.56. The highest BCUT2D eigenvalue weighted by Gasteiger charge is 2.27. The number of carbonyl (C=O) groups is 4. The summed E-state index contributed by atoms with van der Waals surface area (Å²) in [5.74, 6) is -4.18. The summed E-state index contributed by atoms with van der Waals surface area (Å²) >= 11 is 5.38. The van der Waals surface area contributed by atoms with Gasteiger partial charge in [0, 0.05) is 64.1 Å². The van der Waals surface area contributed by atoms with Crippen LogP contribution in [-0.2, 0) is 25.6 Å². The highest BCUT2D eigenvalue weighted by atomic mass is 32.1. The quantitative estimate of drug-likeness (QED) is 0.116. The predicted molar refractivity (Wildman–Crippen MR) is 169 cm³/mol. The molecule has 1 atom stereocenters. The molecular weight excluding hydrogens is 592 g/mol. The van der Waals surface area contributed by atoms with Gasteiger partial charge in [-0.3, -0.25) is 38.8 Å². The average Bonchev–Trinajstić information content (AvgIpc) is 2.93. The van der Waals surface area contributed by atoms with Crippen molar-refractivity contribution in [1.29, 1.82) is 0 Å². The molecule has 0 aromatic heterocycles. The number of benzene rings is 1. The number of nitrogens with one attached hydrogen (secondary N) is 2. The summed E-state index contributed by atoms with van der Waals surface area (Å²) in [6.45, 7) is 3.45. The molecule has 6 N–H and O–H groups in total. The van der Waals surface area contributed by atoms with Crippen molar-refractivity contribution in [2.24, 2.45) is 0 Å². The van der Waals surface area contributed by atoms with E-state index < -0.39 is 29.9 Å². The number of rotatable bonds is 15. The maximum atomic E-state index is 11.9. The molecule has 1 aromatic rings. The second kappa shape index (κ2) is 19.8. The van der Waals surface area contributed by atoms with Crippen molar-refractivity contribution >= 4 is 46.9 Å². The van der Waals surface area contributed by atoms with Gasteiger partial charge in [-0.2, -0.15) is 0 Å². The highest BCUT2D eigenvalue weighted by molar-refractivity contribution is 7.80. The van der Waals surface area contributed by atoms with Gasteiger partial charge in [0.1, 0.15) is 0 Å². The van der Waals surface area contributed by atoms with Crippen molar-refractivity contribution in [2.75, 3.05) is 83.9 Å². The van der Waals surface area contributed by atoms with E-state index in [1.807, 2.05) is 24.3 Å². The Balaban J connectivity index is 2.30. The summed E-state index contributed by atoms with van der Waals surface area (Å²) in [6, 6.07) is 7.14. The third kappa shape index (κ3) is 15.4. The fourth-order valence-corrected chi connectivity index (χ4v) is 5.32. The lowest BCUT2D eigenvalue weighted by Crippen LogP contribution is -2.53. The van der Waals surface area contributed by atoms with Gasteiger partial charge in [0.2, 0.25) is 0 Å². The topological polar surface area (TPSA) is 186 Å². The monoisotopic (exact) mass is 638 g/mol. The standard InChI is InChI=1S/C29H46N6O8S/c1-2-3-4-9-30-29(44)31-23-7-5-22(6-8-23)16-24-17-34(20-27(40)41)13-12-32(18-25(36)37)10-11-33(19-26(38)39)14-15-35(24)21-28(42)43/h5-8,24H,2-4,9-21H2,1H3,(H,36,37)(H,38,39)(H,40,41)(H,42,43)(H2,30,31,44). The Morgan fingerprint density at radius 3 is 1.77 bits per heavy atom. The zero-order valence-electron chi connectivity index (χ0n) is 25.3. The van der Waals surface area contributed by atoms with Crippen LogP contribution in [0, 0.1) is 0 Å². The Kier molecular flexibility index (Phi) is 16.6. The Morgan fingerprint density at radius 1 is 0.750 bits per heavy atom. The van der Waals surface area contributed by atoms with Crippen LogP contribution >= 0.6 is 12.2 Å². The molecule has 44 heavy (non-hydrogen) atoms. The first-order valence-electron chi connectivity index (χ1n) is 14.9. The molecule has 1 heterocycles. The van der Waals surface area contributed by atoms with Crippen molar-refractivity contribution < 1.29 is 39.6 Å². The molecule has 2 rings (SSSR count). The lowest BCUT2D eigenvalue weighted by molar-refractivity contribution is -0.142. The molecule has 0 radical (unpaired) electrons. The number of nitrogens with zero attached hydrogens (tertiary/aromatic N) is 4. The van der Waals surface area contributed by atoms with Gasteiger partial charge in [0.15, 0.2) is 5.11 Å². The molecule has 0 aliphatic carbocycles. The zero-order valence-corrected chi connectivity index (χ0v) is 26.1. The SMILES string of the molecule is CCCCCNC(=S)Nc1ccc(CC2CN(CC(=O)O)CCN(CC(=O)O)CCN(CC(=O)O)CCN2CC(=O)O)cc1. The van der Waals surface area contributed by atoms with Crippen molar-refractivity contribution in [2.45, 2.75) is 38.6 Å². The van der Waals surface area contributed by atoms with E-state index in [9.17, 15) is 39.6 Å². The van der Waals surface area contributed by atoms with Gasteiger partial charge < -0.3 is 31.1 Å². The molecule has 1 fully saturated rings. The van der Waals surface area contributed by atoms with Gasteiger partial charge >= 0.3 is 23.9 Å². The van der Waals surface area contributed by atoms with Gasteiger partial charge in [-0.05, 0) is 42.8 Å². The molecule has 1 aliphatic heterocycles. The minimum atomic E-state index is -1.05. The maximum absolute atomic E-state index is 11.9. The molecule has 0 amide bonds. The molecule has 1 aromatic carbocycles. The second-order valence-corrected chi connectivity index (χ2v) is 11.4. The number of carboxylic acid groups (broad SMARTS) is 4. The number of hydrogen-bond acceptors (Lipinski definition) is 9. The number of thiocarbonyl (C=S) groups is 1. The van der Waals surface area contributed by atoms with Crippen molar-refractivity contribution in [3.63, 3.8) is 0 Å². The van der Waals surface area contributed by atoms with Crippen LogP contribution in [0.3, 0.4) is 0 Å². The van der Waals surface area contributed by atoms with Crippen LogP contribution < -0.4 is 10.6 Å². The second-order valence-electron chi connectivity index (χ2n) is 11.0. The van der Waals surface area contributed by atoms with Crippen molar-refractivity contribution in [3.8, 4) is 0 Å². The molecular formula is C29H46N6O8S. The average molecular weight is 639 g/mol. The van der Waals surface area contributed by atoms with Crippen LogP contribution in [0.4, 0.5) is 5.69 Å². The van der Waals surface area contributed by atoms with Gasteiger partial charge in [-0.1, -0.05) is 31.9 Å². The minimum absolute atomic E-state index is 0.213. The Hall–Kier alpha value is -3.37. The maximum Gasteiger partial charge on any atom is 0.317 e. The van der Waals surface area contributed by atoms with E-state index in [1.165, 1.54) is 0 Å². The van der Waals surface area contributed by atoms with Crippen LogP contribution in [-0.4, -0.2) is 154 Å². The lowest BCUT2D eigenvalue weighted by atomic mass is 10.0. The number of unbranched alkanes of at least 4 members (excludes halogenated alkanes) is 2. The minimum Gasteiger partial charge on any atom is -0.480 e. The summed E-state index contributed by atoms with van der Waals surface area (Å²) in [7, 11) is 0. The number of carboxylic acids is 4. The number of hydrogen-bond donors (Lipinski definition) is 6. The smallest absolute Gasteiger partial charge is 0.317 e. The Labute approximate surface area is 263 Å². The van der Waals surface area contributed by atoms with Crippen LogP contribution in [0.5, 0.6) is 0 Å². The van der Waals surface area contributed by atoms with E-state index in [0.717, 1.165) is 37.1 Å². The first-order valence-corrected chi connectivity index (χ1v) is 15.3. The first kappa shape index (κ1) is 36.8. The summed E-state index contributed by atoms with van der Waals surface area (Å²) in [6.07, 6.45) is 3.66. The molecule has 0 spiro atoms. The van der Waals surface area contributed by atoms with Gasteiger partial charge in [0.05, 0.1) is 26.2 Å². The van der Waals surface area contributed by atoms with E-state index >= 15 is 0 Å². The summed E-state index contributed by atoms with van der Waals surface area (Å²) in [5, 5.41) is 45.1. The fraction of sp³-hybridized carbons (Fsp3) is 0.621. The van der Waals surface area contributed by atoms with Crippen molar-refractivity contribution in [3.05, 3.63) is 29.8 Å². The predicted octanol–water partition coefficient (Wildman–Crippen LogP) is 0.634. The van der Waals surface area contributed by atoms with Crippen LogP contribution in [0.25, 0.3) is 0 Å². The molecule has 1 unspecified atom stereocenters. The first-order chi connectivity index (χ1) is 20.9. The van der Waals surface area contributed by atoms with Gasteiger partial charge in [-0.15, -0.1) is 0 Å². The van der Waals surface area contributed by atoms with Crippen LogP contribution in [0.1, 0.15) is 31.7 Å². The third-order valence-electron chi connectivity index (χ3n) is 7.32. The van der Waals surface area contributed by atoms with E-state index in [-0.39, 0.29) is 72.0 Å². The Morgan fingerprint density at radius 2 is 1.25 bits per heavy atom. The molecule has 1 saturated heterocycles. The Bertz CT molecular complexity index is 1090. The van der Waals surface area contributed by atoms with Crippen LogP contribution in [0.15, 0.2) is 24.3 Å². The summed E-state index contributed by atoms with van der Waals surface area (Å²) < 4.78 is 0. The van der Waals surface area contributed by atoms with Gasteiger partial charge in [0.25, 0.3) is 0 Å². The van der Waals surface area contributed by atoms with E-state index in [0.29, 0.717) is 11.5 Å². The molecule has 15 heteroatoms. The molecule has 0 bridgehead atoms. The number of anilines is 1. The molecule has 0 saturated carbocycles. The summed E-state index contributed by atoms with van der Waals surface area (Å²) in [4.78, 5) is 53.5. The largest absolute Gasteiger partial charge is 0.480 e. The van der Waals surface area contributed by atoms with E-state index in [2.05, 4.69) is 17.6 Å². The van der Waals surface area contributed by atoms with E-state index in [4.69, 9.17) is 12.2 Å². The lowest BCUT2D eigenvalue weighted by Gasteiger charge is -2.37. The molecule has 1 aliphatic rings. The molecule has 14 nitrogen and oxygen atoms in total. The summed E-state index contributed by atoms with van der Waals surface area (Å²) in [5.41, 5.74) is 1.69. The highest BCUT2D eigenvalue weighted by Crippen LogP contribution is 2.16. The van der Waals surface area contributed by atoms with Crippen molar-refractivity contribution in [1.82, 2.24) is 24.9 Å². The normalized spacial score (nSPS) is 18.1. The van der Waals surface area contributed by atoms with E-state index in [1.54, 1.807) is 19.6 Å².